The lowest BCUT2D eigenvalue weighted by Crippen LogP contribution is -2.38. The molecule has 0 aliphatic carbocycles. The van der Waals surface area contributed by atoms with Crippen molar-refractivity contribution in [3.05, 3.63) is 17.4 Å². The number of methoxy groups -OCH3 is 1. The lowest BCUT2D eigenvalue weighted by atomic mass is 10.1. The molecule has 0 aliphatic heterocycles. The molecular formula is C11H16N4O3. The highest BCUT2D eigenvalue weighted by Gasteiger charge is 2.29. The molecule has 0 bridgehead atoms. The van der Waals surface area contributed by atoms with Crippen LogP contribution in [0.15, 0.2) is 8.94 Å². The van der Waals surface area contributed by atoms with E-state index in [1.807, 2.05) is 6.92 Å². The number of hydrogen-bond donors (Lipinski definition) is 1. The summed E-state index contributed by atoms with van der Waals surface area (Å²) in [5.74, 6) is 1.66. The van der Waals surface area contributed by atoms with Crippen molar-refractivity contribution < 1.29 is 13.7 Å². The summed E-state index contributed by atoms with van der Waals surface area (Å²) in [4.78, 5) is 8.37. The minimum Gasteiger partial charge on any atom is -0.436 e. The van der Waals surface area contributed by atoms with Crippen molar-refractivity contribution in [2.75, 3.05) is 13.7 Å². The fraction of sp³-hybridized carbons (Fsp3) is 0.545. The number of oxazole rings is 1. The Kier molecular flexibility index (Phi) is 3.18. The van der Waals surface area contributed by atoms with Crippen LogP contribution in [0.2, 0.25) is 0 Å². The summed E-state index contributed by atoms with van der Waals surface area (Å²) in [5.41, 5.74) is 5.92. The molecule has 7 nitrogen and oxygen atoms in total. The first kappa shape index (κ1) is 12.7. The monoisotopic (exact) mass is 252 g/mol. The zero-order valence-corrected chi connectivity index (χ0v) is 10.9. The molecule has 0 spiro atoms. The molecule has 0 radical (unpaired) electrons. The van der Waals surface area contributed by atoms with Crippen LogP contribution in [0.1, 0.15) is 24.3 Å². The van der Waals surface area contributed by atoms with E-state index in [1.165, 1.54) is 0 Å². The van der Waals surface area contributed by atoms with Gasteiger partial charge in [0.15, 0.2) is 11.7 Å². The third-order valence-electron chi connectivity index (χ3n) is 2.48. The Hall–Kier alpha value is -1.73. The zero-order chi connectivity index (χ0) is 13.3. The normalized spacial score (nSPS) is 14.7. The Balaban J connectivity index is 2.34. The summed E-state index contributed by atoms with van der Waals surface area (Å²) < 4.78 is 15.6. The van der Waals surface area contributed by atoms with Crippen molar-refractivity contribution in [2.45, 2.75) is 26.3 Å². The van der Waals surface area contributed by atoms with Gasteiger partial charge in [0.25, 0.3) is 5.89 Å². The van der Waals surface area contributed by atoms with Gasteiger partial charge >= 0.3 is 0 Å². The molecule has 0 amide bonds. The molecule has 1 atom stereocenters. The fourth-order valence-corrected chi connectivity index (χ4v) is 1.64. The highest BCUT2D eigenvalue weighted by Crippen LogP contribution is 2.24. The molecule has 98 valence electrons. The van der Waals surface area contributed by atoms with E-state index in [0.29, 0.717) is 29.8 Å². The first-order chi connectivity index (χ1) is 8.44. The standard InChI is InChI=1S/C11H16N4O3/c1-6-8(17-7(2)13-6)9-14-10(15-18-9)11(3,12)5-16-4/h5,12H2,1-4H3. The summed E-state index contributed by atoms with van der Waals surface area (Å²) in [6, 6.07) is 0. The highest BCUT2D eigenvalue weighted by atomic mass is 16.5. The Labute approximate surface area is 104 Å². The van der Waals surface area contributed by atoms with Crippen LogP contribution in [0.5, 0.6) is 0 Å². The molecule has 0 saturated heterocycles. The molecule has 0 aliphatic rings. The van der Waals surface area contributed by atoms with Gasteiger partial charge in [0.05, 0.1) is 12.3 Å². The van der Waals surface area contributed by atoms with Gasteiger partial charge in [-0.25, -0.2) is 4.98 Å². The van der Waals surface area contributed by atoms with Crippen LogP contribution >= 0.6 is 0 Å². The van der Waals surface area contributed by atoms with Gasteiger partial charge in [-0.2, -0.15) is 4.98 Å². The van der Waals surface area contributed by atoms with Crippen LogP contribution in [0.4, 0.5) is 0 Å². The number of hydrogen-bond acceptors (Lipinski definition) is 7. The van der Waals surface area contributed by atoms with Gasteiger partial charge in [0.2, 0.25) is 5.76 Å². The van der Waals surface area contributed by atoms with E-state index in [9.17, 15) is 0 Å². The van der Waals surface area contributed by atoms with Crippen LogP contribution in [0, 0.1) is 13.8 Å². The summed E-state index contributed by atoms with van der Waals surface area (Å²) in [6.45, 7) is 5.63. The van der Waals surface area contributed by atoms with Crippen molar-refractivity contribution in [3.8, 4) is 11.7 Å². The quantitative estimate of drug-likeness (QED) is 0.871. The number of ether oxygens (including phenoxy) is 1. The van der Waals surface area contributed by atoms with E-state index >= 15 is 0 Å². The molecule has 2 N–H and O–H groups in total. The molecule has 2 heterocycles. The van der Waals surface area contributed by atoms with Gasteiger partial charge in [-0.3, -0.25) is 0 Å². The number of aryl methyl sites for hydroxylation is 2. The van der Waals surface area contributed by atoms with E-state index in [4.69, 9.17) is 19.4 Å². The van der Waals surface area contributed by atoms with E-state index in [2.05, 4.69) is 15.1 Å². The Bertz CT molecular complexity index is 544. The number of rotatable bonds is 4. The summed E-state index contributed by atoms with van der Waals surface area (Å²) in [6.07, 6.45) is 0. The van der Waals surface area contributed by atoms with Crippen LogP contribution in [-0.4, -0.2) is 28.8 Å². The maximum absolute atomic E-state index is 6.03. The smallest absolute Gasteiger partial charge is 0.295 e. The van der Waals surface area contributed by atoms with Crippen LogP contribution in [-0.2, 0) is 10.3 Å². The molecule has 2 aromatic heterocycles. The molecular weight excluding hydrogens is 236 g/mol. The Morgan fingerprint density at radius 1 is 1.33 bits per heavy atom. The lowest BCUT2D eigenvalue weighted by Gasteiger charge is -2.18. The van der Waals surface area contributed by atoms with E-state index in [1.54, 1.807) is 21.0 Å². The van der Waals surface area contributed by atoms with Gasteiger partial charge in [0, 0.05) is 14.0 Å². The average molecular weight is 252 g/mol. The minimum atomic E-state index is -0.806. The second-order valence-corrected chi connectivity index (χ2v) is 4.42. The van der Waals surface area contributed by atoms with Crippen molar-refractivity contribution in [1.29, 1.82) is 0 Å². The fourth-order valence-electron chi connectivity index (χ4n) is 1.64. The van der Waals surface area contributed by atoms with Gasteiger partial charge in [-0.05, 0) is 13.8 Å². The molecule has 7 heteroatoms. The van der Waals surface area contributed by atoms with E-state index in [-0.39, 0.29) is 5.89 Å². The van der Waals surface area contributed by atoms with E-state index < -0.39 is 5.54 Å². The van der Waals surface area contributed by atoms with Gasteiger partial charge < -0.3 is 19.4 Å². The van der Waals surface area contributed by atoms with Crippen LogP contribution < -0.4 is 5.73 Å². The maximum atomic E-state index is 6.03. The molecule has 0 aromatic carbocycles. The molecule has 2 aromatic rings. The number of nitrogens with two attached hydrogens (primary N) is 1. The van der Waals surface area contributed by atoms with Crippen molar-refractivity contribution >= 4 is 0 Å². The first-order valence-corrected chi connectivity index (χ1v) is 5.50. The second kappa shape index (κ2) is 4.51. The lowest BCUT2D eigenvalue weighted by molar-refractivity contribution is 0.135. The largest absolute Gasteiger partial charge is 0.436 e. The zero-order valence-electron chi connectivity index (χ0n) is 10.9. The maximum Gasteiger partial charge on any atom is 0.295 e. The molecule has 1 unspecified atom stereocenters. The highest BCUT2D eigenvalue weighted by molar-refractivity contribution is 5.47. The topological polar surface area (TPSA) is 100 Å². The third-order valence-corrected chi connectivity index (χ3v) is 2.48. The van der Waals surface area contributed by atoms with Gasteiger partial charge in [0.1, 0.15) is 5.54 Å². The number of aromatic nitrogens is 3. The summed E-state index contributed by atoms with van der Waals surface area (Å²) in [7, 11) is 1.57. The Morgan fingerprint density at radius 3 is 2.61 bits per heavy atom. The second-order valence-electron chi connectivity index (χ2n) is 4.42. The van der Waals surface area contributed by atoms with Gasteiger partial charge in [-0.15, -0.1) is 0 Å². The van der Waals surface area contributed by atoms with Crippen LogP contribution in [0.25, 0.3) is 11.7 Å². The minimum absolute atomic E-state index is 0.274. The first-order valence-electron chi connectivity index (χ1n) is 5.50. The van der Waals surface area contributed by atoms with Crippen molar-refractivity contribution in [1.82, 2.24) is 15.1 Å². The molecule has 0 fully saturated rings. The van der Waals surface area contributed by atoms with E-state index in [0.717, 1.165) is 0 Å². The molecule has 18 heavy (non-hydrogen) atoms. The van der Waals surface area contributed by atoms with Gasteiger partial charge in [-0.1, -0.05) is 5.16 Å². The van der Waals surface area contributed by atoms with Crippen molar-refractivity contribution in [3.63, 3.8) is 0 Å². The average Bonchev–Trinajstić information content (AvgIpc) is 2.85. The molecule has 2 rings (SSSR count). The van der Waals surface area contributed by atoms with Crippen molar-refractivity contribution in [2.24, 2.45) is 5.73 Å². The summed E-state index contributed by atoms with van der Waals surface area (Å²) >= 11 is 0. The predicted octanol–water partition coefficient (Wildman–Crippen LogP) is 1.16. The molecule has 0 saturated carbocycles. The third kappa shape index (κ3) is 2.27. The predicted molar refractivity (Wildman–Crippen MR) is 62.7 cm³/mol. The summed E-state index contributed by atoms with van der Waals surface area (Å²) in [5, 5.41) is 3.85. The number of nitrogens with zero attached hydrogens (tertiary/aromatic N) is 3. The Morgan fingerprint density at radius 2 is 2.06 bits per heavy atom. The van der Waals surface area contributed by atoms with Crippen LogP contribution in [0.3, 0.4) is 0 Å². The SMILES string of the molecule is COCC(C)(N)c1noc(-c2oc(C)nc2C)n1.